The third kappa shape index (κ3) is 3.44. The lowest BCUT2D eigenvalue weighted by molar-refractivity contribution is 0.590. The number of aromatic nitrogens is 1. The highest BCUT2D eigenvalue weighted by Gasteiger charge is 2.45. The predicted molar refractivity (Wildman–Crippen MR) is 202 cm³/mol. The van der Waals surface area contributed by atoms with Gasteiger partial charge in [0.1, 0.15) is 5.75 Å². The van der Waals surface area contributed by atoms with E-state index in [1.165, 1.54) is 65.5 Å². The Hall–Kier alpha value is -6.26. The summed E-state index contributed by atoms with van der Waals surface area (Å²) < 4.78 is 9.58. The minimum atomic E-state index is -0.272. The van der Waals surface area contributed by atoms with Crippen molar-refractivity contribution in [2.45, 2.75) is 0 Å². The molecular formula is C44H27BN2O. The lowest BCUT2D eigenvalue weighted by Gasteiger charge is -2.40. The highest BCUT2D eigenvalue weighted by atomic mass is 16.4. The van der Waals surface area contributed by atoms with Crippen molar-refractivity contribution in [2.75, 3.05) is 4.90 Å². The van der Waals surface area contributed by atoms with Gasteiger partial charge < -0.3 is 14.1 Å². The summed E-state index contributed by atoms with van der Waals surface area (Å²) in [6.45, 7) is -0.272. The summed E-state index contributed by atoms with van der Waals surface area (Å²) in [5.41, 5.74) is 11.7. The molecule has 0 N–H and O–H groups in total. The Morgan fingerprint density at radius 1 is 0.458 bits per heavy atom. The molecule has 11 rings (SSSR count). The van der Waals surface area contributed by atoms with Crippen LogP contribution in [-0.2, 0) is 0 Å². The van der Waals surface area contributed by atoms with Gasteiger partial charge in [-0.05, 0) is 75.6 Å². The maximum absolute atomic E-state index is 7.15. The van der Waals surface area contributed by atoms with E-state index in [1.807, 2.05) is 0 Å². The molecule has 3 nitrogen and oxygen atoms in total. The smallest absolute Gasteiger partial charge is 0.432 e. The topological polar surface area (TPSA) is 17.4 Å². The molecule has 9 aromatic rings. The first-order valence-electron chi connectivity index (χ1n) is 16.6. The highest BCUT2D eigenvalue weighted by molar-refractivity contribution is 6.88. The van der Waals surface area contributed by atoms with Crippen LogP contribution >= 0.6 is 0 Å². The first-order valence-corrected chi connectivity index (χ1v) is 16.6. The molecule has 0 unspecified atom stereocenters. The molecule has 0 aliphatic carbocycles. The van der Waals surface area contributed by atoms with Crippen LogP contribution in [0.4, 0.5) is 17.1 Å². The van der Waals surface area contributed by atoms with Crippen LogP contribution in [-0.4, -0.2) is 11.5 Å². The number of benzene rings is 8. The quantitative estimate of drug-likeness (QED) is 0.181. The largest absolute Gasteiger partial charge is 0.551 e. The Morgan fingerprint density at radius 2 is 1.17 bits per heavy atom. The molecule has 0 bridgehead atoms. The number of fused-ring (bicyclic) bond motifs is 11. The van der Waals surface area contributed by atoms with Crippen molar-refractivity contribution < 1.29 is 4.65 Å². The molecule has 0 saturated heterocycles. The van der Waals surface area contributed by atoms with E-state index < -0.39 is 0 Å². The molecule has 0 radical (unpaired) electrons. The van der Waals surface area contributed by atoms with E-state index in [0.717, 1.165) is 28.4 Å². The third-order valence-corrected chi connectivity index (χ3v) is 10.3. The summed E-state index contributed by atoms with van der Waals surface area (Å²) in [4.78, 5) is 2.52. The van der Waals surface area contributed by atoms with Gasteiger partial charge in [0.05, 0.1) is 16.7 Å². The fraction of sp³-hybridized carbons (Fsp3) is 0. The standard InChI is InChI=1S/C44H27BN2O/c1-2-15-31(16-3-1)46-37-20-10-8-19-35(37)41-39(46)27-36-34-18-9-11-21-40(34)48-45-42-33-17-7-6-13-29(33)23-25-38(42)47(44(41)43(36)45)32-24-22-28-12-4-5-14-30(28)26-32/h1-27H. The second-order valence-corrected chi connectivity index (χ2v) is 12.8. The molecule has 2 aliphatic heterocycles. The van der Waals surface area contributed by atoms with Crippen LogP contribution in [0, 0.1) is 0 Å². The monoisotopic (exact) mass is 610 g/mol. The zero-order chi connectivity index (χ0) is 31.3. The van der Waals surface area contributed by atoms with Gasteiger partial charge in [0.2, 0.25) is 0 Å². The molecule has 48 heavy (non-hydrogen) atoms. The van der Waals surface area contributed by atoms with Crippen molar-refractivity contribution in [3.05, 3.63) is 164 Å². The lowest BCUT2D eigenvalue weighted by Crippen LogP contribution is -2.56. The van der Waals surface area contributed by atoms with Crippen LogP contribution in [0.3, 0.4) is 0 Å². The summed E-state index contributed by atoms with van der Waals surface area (Å²) >= 11 is 0. The van der Waals surface area contributed by atoms with Gasteiger partial charge >= 0.3 is 6.92 Å². The zero-order valence-corrected chi connectivity index (χ0v) is 26.0. The number of nitrogens with zero attached hydrogens (tertiary/aromatic N) is 2. The fourth-order valence-corrected chi connectivity index (χ4v) is 8.34. The third-order valence-electron chi connectivity index (χ3n) is 10.3. The zero-order valence-electron chi connectivity index (χ0n) is 26.0. The van der Waals surface area contributed by atoms with Crippen molar-refractivity contribution in [2.24, 2.45) is 0 Å². The van der Waals surface area contributed by atoms with Crippen molar-refractivity contribution in [1.82, 2.24) is 4.57 Å². The predicted octanol–water partition coefficient (Wildman–Crippen LogP) is 10.0. The molecule has 0 spiro atoms. The van der Waals surface area contributed by atoms with Gasteiger partial charge in [-0.1, -0.05) is 115 Å². The average molecular weight is 611 g/mol. The van der Waals surface area contributed by atoms with Crippen molar-refractivity contribution in [3.8, 4) is 22.6 Å². The van der Waals surface area contributed by atoms with Crippen molar-refractivity contribution in [3.63, 3.8) is 0 Å². The molecule has 222 valence electrons. The molecule has 0 amide bonds. The van der Waals surface area contributed by atoms with Crippen LogP contribution in [0.15, 0.2) is 164 Å². The normalized spacial score (nSPS) is 13.1. The van der Waals surface area contributed by atoms with Crippen LogP contribution in [0.5, 0.6) is 5.75 Å². The summed E-state index contributed by atoms with van der Waals surface area (Å²) in [5, 5.41) is 7.33. The summed E-state index contributed by atoms with van der Waals surface area (Å²) in [6.07, 6.45) is 0. The van der Waals surface area contributed by atoms with Crippen LogP contribution < -0.4 is 20.5 Å². The van der Waals surface area contributed by atoms with Gasteiger partial charge in [-0.3, -0.25) is 0 Å². The van der Waals surface area contributed by atoms with Crippen LogP contribution in [0.1, 0.15) is 0 Å². The van der Waals surface area contributed by atoms with E-state index in [1.54, 1.807) is 0 Å². The van der Waals surface area contributed by atoms with Crippen LogP contribution in [0.2, 0.25) is 0 Å². The maximum atomic E-state index is 7.15. The number of hydrogen-bond donors (Lipinski definition) is 0. The van der Waals surface area contributed by atoms with Gasteiger partial charge in [0, 0.05) is 44.3 Å². The van der Waals surface area contributed by atoms with E-state index in [2.05, 4.69) is 173 Å². The lowest BCUT2D eigenvalue weighted by atomic mass is 9.48. The molecule has 4 heteroatoms. The number of rotatable bonds is 2. The Balaban J connectivity index is 1.37. The number of para-hydroxylation sites is 3. The molecule has 0 fully saturated rings. The first-order chi connectivity index (χ1) is 23.8. The minimum Gasteiger partial charge on any atom is -0.551 e. The fourth-order valence-electron chi connectivity index (χ4n) is 8.34. The molecule has 3 heterocycles. The second kappa shape index (κ2) is 9.63. The molecule has 0 saturated carbocycles. The van der Waals surface area contributed by atoms with Crippen LogP contribution in [0.25, 0.3) is 60.2 Å². The van der Waals surface area contributed by atoms with Crippen molar-refractivity contribution >= 4 is 78.3 Å². The van der Waals surface area contributed by atoms with E-state index in [4.69, 9.17) is 4.65 Å². The first kappa shape index (κ1) is 25.9. The second-order valence-electron chi connectivity index (χ2n) is 12.8. The highest BCUT2D eigenvalue weighted by Crippen LogP contribution is 2.50. The Labute approximate surface area is 278 Å². The van der Waals surface area contributed by atoms with Gasteiger partial charge in [-0.2, -0.15) is 0 Å². The average Bonchev–Trinajstić information content (AvgIpc) is 3.49. The molecule has 1 aromatic heterocycles. The molecular weight excluding hydrogens is 583 g/mol. The summed E-state index contributed by atoms with van der Waals surface area (Å²) in [5.74, 6) is 0.917. The minimum absolute atomic E-state index is 0.272. The maximum Gasteiger partial charge on any atom is 0.432 e. The Bertz CT molecular complexity index is 2780. The summed E-state index contributed by atoms with van der Waals surface area (Å²) in [6, 6.07) is 59.4. The molecule has 0 atom stereocenters. The SMILES string of the molecule is c1ccc(-n2c3ccccc3c3c4c5c(cc32)-c2ccccc2OB5c2c(ccc3ccccc23)N4c2ccc3ccccc3c2)cc1. The molecule has 8 aromatic carbocycles. The Kier molecular flexibility index (Phi) is 5.19. The number of anilines is 3. The van der Waals surface area contributed by atoms with Gasteiger partial charge in [0.15, 0.2) is 0 Å². The van der Waals surface area contributed by atoms with E-state index >= 15 is 0 Å². The van der Waals surface area contributed by atoms with Gasteiger partial charge in [0.25, 0.3) is 0 Å². The van der Waals surface area contributed by atoms with E-state index in [-0.39, 0.29) is 6.92 Å². The summed E-state index contributed by atoms with van der Waals surface area (Å²) in [7, 11) is 0. The van der Waals surface area contributed by atoms with Crippen molar-refractivity contribution in [1.29, 1.82) is 0 Å². The number of hydrogen-bond acceptors (Lipinski definition) is 2. The van der Waals surface area contributed by atoms with E-state index in [9.17, 15) is 0 Å². The van der Waals surface area contributed by atoms with E-state index in [0.29, 0.717) is 0 Å². The Morgan fingerprint density at radius 3 is 2.06 bits per heavy atom. The van der Waals surface area contributed by atoms with Gasteiger partial charge in [-0.25, -0.2) is 0 Å². The van der Waals surface area contributed by atoms with Gasteiger partial charge in [-0.15, -0.1) is 0 Å². The molecule has 2 aliphatic rings.